The van der Waals surface area contributed by atoms with Crippen LogP contribution >= 0.6 is 0 Å². The Hall–Kier alpha value is -3.73. The smallest absolute Gasteiger partial charge is 0.458 e. The van der Waals surface area contributed by atoms with Crippen LogP contribution < -0.4 is 5.32 Å². The van der Waals surface area contributed by atoms with E-state index >= 15 is 0 Å². The van der Waals surface area contributed by atoms with Gasteiger partial charge in [-0.2, -0.15) is 0 Å². The average molecular weight is 1850 g/mol. The van der Waals surface area contributed by atoms with Gasteiger partial charge in [0.2, 0.25) is 0 Å². The van der Waals surface area contributed by atoms with Gasteiger partial charge in [0.05, 0.1) is 89.7 Å². The van der Waals surface area contributed by atoms with Crippen molar-refractivity contribution in [1.82, 2.24) is 29.8 Å². The zero-order chi connectivity index (χ0) is 97.6. The third-order valence-corrected chi connectivity index (χ3v) is 28.6. The molecule has 0 spiro atoms. The van der Waals surface area contributed by atoms with Gasteiger partial charge in [0, 0.05) is 120 Å². The van der Waals surface area contributed by atoms with Crippen molar-refractivity contribution in [2.45, 2.75) is 463 Å². The van der Waals surface area contributed by atoms with Gasteiger partial charge in [0.1, 0.15) is 42.9 Å². The van der Waals surface area contributed by atoms with E-state index < -0.39 is 192 Å². The number of carbonyl (C=O) groups is 5. The molecule has 33 nitrogen and oxygen atoms in total. The van der Waals surface area contributed by atoms with Gasteiger partial charge in [-0.15, -0.1) is 0 Å². The molecule has 0 aromatic rings. The topological polar surface area (TPSA) is 361 Å². The largest absolute Gasteiger partial charge is 0.509 e. The molecule has 8 aliphatic rings. The van der Waals surface area contributed by atoms with Crippen LogP contribution in [0.2, 0.25) is 0 Å². The molecule has 0 aliphatic carbocycles. The van der Waals surface area contributed by atoms with Crippen LogP contribution in [0.5, 0.6) is 0 Å². The summed E-state index contributed by atoms with van der Waals surface area (Å²) in [6.07, 6.45) is -12.9. The molecule has 0 bridgehead atoms. The van der Waals surface area contributed by atoms with Gasteiger partial charge in [-0.1, -0.05) is 69.2 Å². The Kier molecular flexibility index (Phi) is 43.3. The van der Waals surface area contributed by atoms with Crippen LogP contribution in [0.3, 0.4) is 0 Å². The monoisotopic (exact) mass is 1850 g/mol. The minimum Gasteiger partial charge on any atom is -0.458 e. The lowest BCUT2D eigenvalue weighted by Crippen LogP contribution is -2.61. The van der Waals surface area contributed by atoms with Crippen molar-refractivity contribution in [3.8, 4) is 0 Å². The molecule has 754 valence electrons. The summed E-state index contributed by atoms with van der Waals surface area (Å²) in [6, 6.07) is 0.832. The second-order valence-electron chi connectivity index (χ2n) is 42.0. The number of methoxy groups -OCH3 is 2. The highest BCUT2D eigenvalue weighted by Gasteiger charge is 2.62. The summed E-state index contributed by atoms with van der Waals surface area (Å²) in [5, 5.41) is 52.2. The van der Waals surface area contributed by atoms with Crippen LogP contribution in [0.25, 0.3) is 0 Å². The lowest BCUT2D eigenvalue weighted by Gasteiger charge is -2.49. The van der Waals surface area contributed by atoms with Crippen molar-refractivity contribution >= 4 is 30.5 Å². The molecule has 8 fully saturated rings. The van der Waals surface area contributed by atoms with Crippen LogP contribution in [0.15, 0.2) is 0 Å². The van der Waals surface area contributed by atoms with Crippen LogP contribution in [0, 0.1) is 35.5 Å². The van der Waals surface area contributed by atoms with Crippen LogP contribution in [-0.4, -0.2) is 370 Å². The number of likely N-dealkylation sites (N-methyl/N-ethyl adjacent to an activating group) is 4. The maximum Gasteiger partial charge on any atom is 0.509 e. The second-order valence-corrected chi connectivity index (χ2v) is 42.0. The molecule has 33 heteroatoms. The van der Waals surface area contributed by atoms with Crippen LogP contribution in [0.1, 0.15) is 258 Å². The van der Waals surface area contributed by atoms with Gasteiger partial charge in [0.15, 0.2) is 48.6 Å². The Morgan fingerprint density at radius 3 is 1.18 bits per heavy atom. The highest BCUT2D eigenvalue weighted by atomic mass is 16.8. The normalized spacial score (nSPS) is 43.0. The second kappa shape index (κ2) is 49.0. The number of nitrogens with one attached hydrogen (secondary N) is 1. The summed E-state index contributed by atoms with van der Waals surface area (Å²) in [5.74, 6) is -4.89. The van der Waals surface area contributed by atoms with E-state index in [4.69, 9.17) is 85.3 Å². The lowest BCUT2D eigenvalue weighted by atomic mass is 9.77. The molecule has 36 atom stereocenters. The summed E-state index contributed by atoms with van der Waals surface area (Å²) < 4.78 is 114. The Balaban J connectivity index is 0.000000371. The number of cyclic esters (lactones) is 2. The fourth-order valence-electron chi connectivity index (χ4n) is 21.8. The lowest BCUT2D eigenvalue weighted by molar-refractivity contribution is -0.321. The summed E-state index contributed by atoms with van der Waals surface area (Å²) in [4.78, 5) is 76.5. The molecule has 129 heavy (non-hydrogen) atoms. The van der Waals surface area contributed by atoms with Crippen LogP contribution in [0.4, 0.5) is 9.59 Å². The third-order valence-electron chi connectivity index (χ3n) is 28.6. The number of aldehydes is 1. The first-order chi connectivity index (χ1) is 59.9. The summed E-state index contributed by atoms with van der Waals surface area (Å²) >= 11 is 0. The summed E-state index contributed by atoms with van der Waals surface area (Å²) in [7, 11) is 14.7. The van der Waals surface area contributed by atoms with Gasteiger partial charge in [-0.25, -0.2) is 9.59 Å². The van der Waals surface area contributed by atoms with Crippen molar-refractivity contribution in [3.63, 3.8) is 0 Å². The molecule has 0 unspecified atom stereocenters. The Labute approximate surface area is 774 Å². The number of rotatable bonds is 27. The third kappa shape index (κ3) is 29.2. The van der Waals surface area contributed by atoms with Crippen molar-refractivity contribution in [2.75, 3.05) is 89.4 Å². The molecule has 8 saturated heterocycles. The van der Waals surface area contributed by atoms with Crippen molar-refractivity contribution in [1.29, 1.82) is 0 Å². The van der Waals surface area contributed by atoms with Gasteiger partial charge in [-0.05, 0) is 224 Å². The van der Waals surface area contributed by atoms with Gasteiger partial charge >= 0.3 is 24.2 Å². The minimum absolute atomic E-state index is 0.113. The summed E-state index contributed by atoms with van der Waals surface area (Å²) in [5.41, 5.74) is -7.45. The van der Waals surface area contributed by atoms with Crippen molar-refractivity contribution in [3.05, 3.63) is 0 Å². The van der Waals surface area contributed by atoms with Gasteiger partial charge in [-0.3, -0.25) is 24.3 Å². The van der Waals surface area contributed by atoms with Gasteiger partial charge < -0.3 is 126 Å². The number of fused-ring (bicyclic) bond motifs is 2. The first kappa shape index (κ1) is 114. The number of ether oxygens (including phenoxy) is 18. The number of esters is 2. The maximum atomic E-state index is 14.7. The predicted octanol–water partition coefficient (Wildman–Crippen LogP) is 10.7. The molecule has 8 aliphatic heterocycles. The SMILES string of the molecule is CC(C)NC(C)C.CC[C@H]1OC(=O)[C@H](C)[C@@H](O[C@H]2C[C@@](C)(OC)[C@@H](OCCC=O)[C@H](C)O2)[C@H](C)[C@@H](O[C@@H]2O[C@H](C)C[C@H](N(C)C)[C@H]2O)[C@](C)(O)C[C@@H](C)CN(C)[C@H](C)[C@H]2OC(=O)O[C@@]21C.CC[C@H]1OC(=O)[C@H](C)[C@@H](O[C@H]2C[C@@](C)(OC)[C@@H](OCCCN(C(C)C)C(C)C)[C@H](C)O2)[C@H](C)[C@@H](O[C@@H]2O[C@H](C)C[C@H](N(C)C)[C@H]2O)[C@](C)(O)C[C@@H](C)CN(C)[C@H](C)[C@H]2OC(=O)O[C@@]21C. The number of aliphatic hydroxyl groups is 4. The first-order valence-electron chi connectivity index (χ1n) is 48.1. The zero-order valence-corrected chi connectivity index (χ0v) is 85.7. The fraction of sp³-hybridized carbons (Fsp3) is 0.948. The highest BCUT2D eigenvalue weighted by molar-refractivity contribution is 5.74. The molecule has 0 radical (unpaired) electrons. The number of hydrogen-bond acceptors (Lipinski definition) is 33. The number of nitrogens with zero attached hydrogens (tertiary/aromatic N) is 5. The van der Waals surface area contributed by atoms with E-state index in [9.17, 15) is 44.4 Å². The predicted molar refractivity (Wildman–Crippen MR) is 488 cm³/mol. The van der Waals surface area contributed by atoms with Crippen molar-refractivity contribution in [2.24, 2.45) is 35.5 Å². The Bertz CT molecular complexity index is 3390. The molecule has 0 amide bonds. The van der Waals surface area contributed by atoms with Crippen LogP contribution in [-0.2, 0) is 99.6 Å². The molecule has 0 aromatic heterocycles. The van der Waals surface area contributed by atoms with E-state index in [1.165, 1.54) is 0 Å². The molecule has 0 saturated carbocycles. The van der Waals surface area contributed by atoms with E-state index in [1.807, 2.05) is 149 Å². The number of hydrogen-bond donors (Lipinski definition) is 5. The van der Waals surface area contributed by atoms with E-state index in [-0.39, 0.29) is 86.9 Å². The fourth-order valence-corrected chi connectivity index (χ4v) is 21.8. The maximum absolute atomic E-state index is 14.7. The minimum atomic E-state index is -1.56. The first-order valence-corrected chi connectivity index (χ1v) is 48.1. The molecule has 8 rings (SSSR count). The number of carbonyl (C=O) groups excluding carboxylic acids is 5. The Morgan fingerprint density at radius 2 is 0.868 bits per heavy atom. The van der Waals surface area contributed by atoms with E-state index in [2.05, 4.69) is 75.4 Å². The van der Waals surface area contributed by atoms with E-state index in [0.717, 1.165) is 19.3 Å². The Morgan fingerprint density at radius 1 is 0.512 bits per heavy atom. The van der Waals surface area contributed by atoms with Gasteiger partial charge in [0.25, 0.3) is 0 Å². The van der Waals surface area contributed by atoms with Crippen molar-refractivity contribution < 1.29 is 130 Å². The molecular formula is C96H178N6O27. The highest BCUT2D eigenvalue weighted by Crippen LogP contribution is 2.47. The van der Waals surface area contributed by atoms with E-state index in [0.29, 0.717) is 69.5 Å². The summed E-state index contributed by atoms with van der Waals surface area (Å²) in [6.45, 7) is 57.4. The molecule has 8 heterocycles. The molecular weight excluding hydrogens is 1670 g/mol. The zero-order valence-electron chi connectivity index (χ0n) is 85.7. The molecule has 5 N–H and O–H groups in total. The standard InChI is InChI=1S/C48H89N3O13.C42H74N2O14.C6H15N/c1-19-36-48(14)41(63-45(54)64-48)33(10)50(17)26-29(6)24-46(12,55)40(62-44-38(52)35(49(15)16)23-30(7)58-44)31(8)39(32(9)43(53)60-36)61-37-25-47(13,56-18)42(34(11)59-37)57-22-20-21-51(27(2)3)28(4)5;1-15-30-42(10)35(57-39(48)58-42)27(6)44(13)22-23(2)20-40(8,49)34(56-38-32(46)29(43(11)12)19-24(3)52-38)25(4)33(26(5)37(47)54-30)55-31-21-41(9,50-14)36(28(7)53-31)51-18-16-17-45;1-5(2)7-6(3)4/h27-42,44,52,55H,19-26H2,1-18H3;17,23-36,38,46,49H,15-16,18-22H2,1-14H3;5-7H,1-4H3/t29-,30-,31+,32-,33-,34+,35+,36-,37+,38-,39+,40-,41-,42+,44+,46-,47-,48-;23-,24-,25+,26-,27-,28+,29+,30-,31+,32-,33+,34-,35-,36+,38+,40-,41-,42-;/m11./s1. The van der Waals surface area contributed by atoms with E-state index in [1.54, 1.807) is 55.8 Å². The quantitative estimate of drug-likeness (QED) is 0.0221. The average Bonchev–Trinajstić information content (AvgIpc) is 1.66. The molecule has 0 aromatic carbocycles. The number of aliphatic hydroxyl groups excluding tert-OH is 2.